The quantitative estimate of drug-likeness (QED) is 0.476. The molecule has 0 bridgehead atoms. The van der Waals surface area contributed by atoms with E-state index in [0.29, 0.717) is 12.1 Å². The van der Waals surface area contributed by atoms with Crippen molar-refractivity contribution in [3.63, 3.8) is 0 Å². The summed E-state index contributed by atoms with van der Waals surface area (Å²) in [6.45, 7) is 6.72. The van der Waals surface area contributed by atoms with Crippen molar-refractivity contribution in [1.29, 1.82) is 0 Å². The molecule has 2 saturated heterocycles. The predicted octanol–water partition coefficient (Wildman–Crippen LogP) is 4.28. The molecule has 2 N–H and O–H groups in total. The first kappa shape index (κ1) is 24.0. The number of nitrogens with zero attached hydrogens (tertiary/aromatic N) is 5. The van der Waals surface area contributed by atoms with E-state index < -0.39 is 0 Å². The summed E-state index contributed by atoms with van der Waals surface area (Å²) in [6.07, 6.45) is 6.74. The number of thioether (sulfide) groups is 1. The number of anilines is 2. The maximum Gasteiger partial charge on any atom is 0.225 e. The molecule has 3 aromatic rings. The molecule has 1 atom stereocenters. The van der Waals surface area contributed by atoms with E-state index in [1.165, 1.54) is 0 Å². The van der Waals surface area contributed by atoms with Crippen LogP contribution in [-0.2, 0) is 4.74 Å². The van der Waals surface area contributed by atoms with Crippen molar-refractivity contribution in [3.8, 4) is 0 Å². The summed E-state index contributed by atoms with van der Waals surface area (Å²) in [6, 6.07) is 8.88. The van der Waals surface area contributed by atoms with E-state index >= 15 is 0 Å². The summed E-state index contributed by atoms with van der Waals surface area (Å²) in [5, 5.41) is 6.67. The summed E-state index contributed by atoms with van der Waals surface area (Å²) in [4.78, 5) is 22.3. The number of nitrogens with one attached hydrogen (secondary N) is 2. The van der Waals surface area contributed by atoms with Gasteiger partial charge in [0.15, 0.2) is 0 Å². The minimum absolute atomic E-state index is 0.357. The van der Waals surface area contributed by atoms with Crippen molar-refractivity contribution in [1.82, 2.24) is 19.9 Å². The van der Waals surface area contributed by atoms with Crippen LogP contribution in [0.15, 0.2) is 41.7 Å². The fourth-order valence-electron chi connectivity index (χ4n) is 5.17. The van der Waals surface area contributed by atoms with Crippen molar-refractivity contribution in [3.05, 3.63) is 47.4 Å². The lowest BCUT2D eigenvalue weighted by Crippen LogP contribution is -2.47. The first-order valence-corrected chi connectivity index (χ1v) is 14.2. The highest BCUT2D eigenvalue weighted by atomic mass is 35.5. The number of hydrogen-bond donors (Lipinski definition) is 2. The highest BCUT2D eigenvalue weighted by molar-refractivity contribution is 8.14. The lowest BCUT2D eigenvalue weighted by molar-refractivity contribution is 0.0905. The number of hydrogen-bond acceptors (Lipinski definition) is 8. The molecule has 3 aliphatic rings. The number of rotatable bonds is 7. The van der Waals surface area contributed by atoms with E-state index in [1.54, 1.807) is 0 Å². The second-order valence-electron chi connectivity index (χ2n) is 9.70. The number of aliphatic imine (C=N–C) groups is 1. The molecule has 0 amide bonds. The van der Waals surface area contributed by atoms with Gasteiger partial charge in [-0.3, -0.25) is 9.89 Å². The molecule has 2 fully saturated rings. The molecule has 8 nitrogen and oxygen atoms in total. The molecule has 0 aliphatic carbocycles. The lowest BCUT2D eigenvalue weighted by Gasteiger charge is -2.34. The summed E-state index contributed by atoms with van der Waals surface area (Å²) >= 11 is 8.32. The molecule has 0 radical (unpaired) electrons. The molecule has 190 valence electrons. The molecule has 36 heavy (non-hydrogen) atoms. The van der Waals surface area contributed by atoms with Gasteiger partial charge in [0, 0.05) is 80.5 Å². The highest BCUT2D eigenvalue weighted by Crippen LogP contribution is 2.33. The SMILES string of the molecule is Clc1cc(NC2CCOCC2)c2[nH]c(C3=NC(CCN4CCN(c5ncccn5)CC4)CS3)cc2c1. The third-order valence-corrected chi connectivity index (χ3v) is 8.57. The number of benzene rings is 1. The summed E-state index contributed by atoms with van der Waals surface area (Å²) < 4.78 is 5.51. The number of ether oxygens (including phenoxy) is 1. The maximum atomic E-state index is 6.46. The number of halogens is 1. The monoisotopic (exact) mass is 525 g/mol. The largest absolute Gasteiger partial charge is 0.381 e. The Morgan fingerprint density at radius 3 is 2.69 bits per heavy atom. The van der Waals surface area contributed by atoms with Gasteiger partial charge in [0.25, 0.3) is 0 Å². The zero-order valence-electron chi connectivity index (χ0n) is 20.3. The van der Waals surface area contributed by atoms with Gasteiger partial charge in [0.2, 0.25) is 5.95 Å². The van der Waals surface area contributed by atoms with Gasteiger partial charge in [-0.25, -0.2) is 9.97 Å². The van der Waals surface area contributed by atoms with Gasteiger partial charge in [0.1, 0.15) is 5.04 Å². The van der Waals surface area contributed by atoms with Gasteiger partial charge >= 0.3 is 0 Å². The number of aromatic nitrogens is 3. The molecule has 2 aromatic heterocycles. The van der Waals surface area contributed by atoms with Crippen LogP contribution >= 0.6 is 23.4 Å². The van der Waals surface area contributed by atoms with Gasteiger partial charge in [-0.15, -0.1) is 11.8 Å². The first-order chi connectivity index (χ1) is 17.7. The number of fused-ring (bicyclic) bond motifs is 1. The topological polar surface area (TPSA) is 81.7 Å². The van der Waals surface area contributed by atoms with Crippen LogP contribution in [0.3, 0.4) is 0 Å². The third kappa shape index (κ3) is 5.49. The van der Waals surface area contributed by atoms with E-state index in [4.69, 9.17) is 21.3 Å². The molecule has 6 rings (SSSR count). The van der Waals surface area contributed by atoms with Crippen LogP contribution in [-0.4, -0.2) is 88.7 Å². The van der Waals surface area contributed by atoms with Gasteiger partial charge in [-0.2, -0.15) is 0 Å². The second kappa shape index (κ2) is 11.0. The van der Waals surface area contributed by atoms with Crippen LogP contribution in [0.1, 0.15) is 25.0 Å². The predicted molar refractivity (Wildman–Crippen MR) is 149 cm³/mol. The molecular weight excluding hydrogens is 494 g/mol. The number of aromatic amines is 1. The Bertz CT molecular complexity index is 1210. The Kier molecular flexibility index (Phi) is 7.32. The smallest absolute Gasteiger partial charge is 0.225 e. The van der Waals surface area contributed by atoms with Crippen molar-refractivity contribution >= 4 is 50.9 Å². The van der Waals surface area contributed by atoms with Crippen LogP contribution < -0.4 is 10.2 Å². The average Bonchev–Trinajstić information content (AvgIpc) is 3.56. The van der Waals surface area contributed by atoms with Crippen LogP contribution in [0.4, 0.5) is 11.6 Å². The van der Waals surface area contributed by atoms with Crippen LogP contribution in [0.5, 0.6) is 0 Å². The fraction of sp³-hybridized carbons (Fsp3) is 0.500. The first-order valence-electron chi connectivity index (χ1n) is 12.8. The summed E-state index contributed by atoms with van der Waals surface area (Å²) in [5.41, 5.74) is 3.26. The van der Waals surface area contributed by atoms with Crippen molar-refractivity contribution in [2.75, 3.05) is 61.9 Å². The molecule has 1 unspecified atom stereocenters. The standard InChI is InChI=1S/C26H32ClN7OS/c27-19-14-18-15-23(32-24(18)22(16-19)30-20-3-12-35-13-4-20)25-31-21(17-36-25)2-7-33-8-10-34(11-9-33)26-28-5-1-6-29-26/h1,5-6,14-16,20-21,30,32H,2-4,7-13,17H2. The Morgan fingerprint density at radius 2 is 1.89 bits per heavy atom. The van der Waals surface area contributed by atoms with Gasteiger partial charge in [0.05, 0.1) is 22.9 Å². The van der Waals surface area contributed by atoms with E-state index in [9.17, 15) is 0 Å². The summed E-state index contributed by atoms with van der Waals surface area (Å²) in [5.74, 6) is 1.88. The van der Waals surface area contributed by atoms with Gasteiger partial charge in [-0.05, 0) is 43.5 Å². The lowest BCUT2D eigenvalue weighted by atomic mass is 10.1. The van der Waals surface area contributed by atoms with Crippen LogP contribution in [0, 0.1) is 0 Å². The summed E-state index contributed by atoms with van der Waals surface area (Å²) in [7, 11) is 0. The minimum Gasteiger partial charge on any atom is -0.381 e. The fourth-order valence-corrected chi connectivity index (χ4v) is 6.47. The molecular formula is C26H32ClN7OS. The Balaban J connectivity index is 1.07. The van der Waals surface area contributed by atoms with E-state index in [-0.39, 0.29) is 0 Å². The Morgan fingerprint density at radius 1 is 1.08 bits per heavy atom. The number of piperazine rings is 1. The number of H-pyrrole nitrogens is 1. The van der Waals surface area contributed by atoms with E-state index in [2.05, 4.69) is 36.1 Å². The van der Waals surface area contributed by atoms with Gasteiger partial charge < -0.3 is 19.9 Å². The van der Waals surface area contributed by atoms with Crippen molar-refractivity contribution in [2.45, 2.75) is 31.3 Å². The third-order valence-electron chi connectivity index (χ3n) is 7.20. The second-order valence-corrected chi connectivity index (χ2v) is 11.1. The zero-order valence-corrected chi connectivity index (χ0v) is 21.9. The Labute approximate surface area is 220 Å². The molecule has 0 spiro atoms. The van der Waals surface area contributed by atoms with E-state index in [1.807, 2.05) is 42.4 Å². The minimum atomic E-state index is 0.357. The average molecular weight is 526 g/mol. The van der Waals surface area contributed by atoms with Crippen molar-refractivity contribution < 1.29 is 4.74 Å². The maximum absolute atomic E-state index is 6.46. The van der Waals surface area contributed by atoms with Crippen LogP contribution in [0.25, 0.3) is 10.9 Å². The van der Waals surface area contributed by atoms with Crippen molar-refractivity contribution in [2.24, 2.45) is 4.99 Å². The highest BCUT2D eigenvalue weighted by Gasteiger charge is 2.24. The molecule has 1 aromatic carbocycles. The molecule has 5 heterocycles. The molecule has 0 saturated carbocycles. The molecule has 10 heteroatoms. The van der Waals surface area contributed by atoms with E-state index in [0.717, 1.165) is 109 Å². The zero-order chi connectivity index (χ0) is 24.3. The van der Waals surface area contributed by atoms with Gasteiger partial charge in [-0.1, -0.05) is 11.6 Å². The van der Waals surface area contributed by atoms with Crippen LogP contribution in [0.2, 0.25) is 5.02 Å². The normalized spacial score (nSPS) is 21.8. The Hall–Kier alpha value is -2.33. The molecule has 3 aliphatic heterocycles.